The van der Waals surface area contributed by atoms with Gasteiger partial charge in [-0.1, -0.05) is 33.3 Å². The van der Waals surface area contributed by atoms with Gasteiger partial charge in [0.05, 0.1) is 6.54 Å². The second-order valence-electron chi connectivity index (χ2n) is 7.31. The second-order valence-corrected chi connectivity index (χ2v) is 7.31. The van der Waals surface area contributed by atoms with Crippen molar-refractivity contribution in [2.75, 3.05) is 29.0 Å². The van der Waals surface area contributed by atoms with E-state index < -0.39 is 0 Å². The molecule has 0 aliphatic heterocycles. The zero-order valence-electron chi connectivity index (χ0n) is 17.7. The summed E-state index contributed by atoms with van der Waals surface area (Å²) in [5, 5.41) is 11.5. The number of hydrogen-bond donors (Lipinski definition) is 4. The highest BCUT2D eigenvalue weighted by atomic mass is 16.2. The molecule has 0 fully saturated rings. The molecule has 0 unspecified atom stereocenters. The van der Waals surface area contributed by atoms with Crippen LogP contribution in [0.4, 0.5) is 17.1 Å². The van der Waals surface area contributed by atoms with E-state index in [4.69, 9.17) is 0 Å². The standard InChI is InChI=1S/C23H30N4O3/c1-4-5-13-24-23(30)17-9-11-18(12-10-17)26-21(28)15-25-19-7-6-8-20(14-19)27-22(29)16(2)3/h6-12,14,16,25H,4-5,13,15H2,1-3H3,(H,24,30)(H,26,28)(H,27,29). The average Bonchev–Trinajstić information content (AvgIpc) is 2.73. The Kier molecular flexibility index (Phi) is 8.87. The van der Waals surface area contributed by atoms with Crippen LogP contribution in [-0.2, 0) is 9.59 Å². The summed E-state index contributed by atoms with van der Waals surface area (Å²) in [6.45, 7) is 6.45. The molecule has 0 aliphatic rings. The highest BCUT2D eigenvalue weighted by Gasteiger charge is 2.09. The van der Waals surface area contributed by atoms with E-state index in [-0.39, 0.29) is 30.2 Å². The number of carbonyl (C=O) groups is 3. The van der Waals surface area contributed by atoms with Gasteiger partial charge >= 0.3 is 0 Å². The molecule has 0 aromatic heterocycles. The van der Waals surface area contributed by atoms with Crippen molar-refractivity contribution < 1.29 is 14.4 Å². The van der Waals surface area contributed by atoms with Gasteiger partial charge in [-0.15, -0.1) is 0 Å². The van der Waals surface area contributed by atoms with Gasteiger partial charge in [-0.3, -0.25) is 14.4 Å². The third-order valence-corrected chi connectivity index (χ3v) is 4.35. The van der Waals surface area contributed by atoms with Crippen molar-refractivity contribution in [3.8, 4) is 0 Å². The zero-order valence-corrected chi connectivity index (χ0v) is 17.7. The molecule has 0 spiro atoms. The molecule has 4 N–H and O–H groups in total. The summed E-state index contributed by atoms with van der Waals surface area (Å²) in [7, 11) is 0. The molecule has 0 atom stereocenters. The molecule has 0 saturated carbocycles. The SMILES string of the molecule is CCCCNC(=O)c1ccc(NC(=O)CNc2cccc(NC(=O)C(C)C)c2)cc1. The lowest BCUT2D eigenvalue weighted by Gasteiger charge is -2.11. The highest BCUT2D eigenvalue weighted by molar-refractivity contribution is 5.97. The van der Waals surface area contributed by atoms with Gasteiger partial charge in [0.25, 0.3) is 5.91 Å². The largest absolute Gasteiger partial charge is 0.376 e. The molecule has 2 aromatic rings. The Bertz CT molecular complexity index is 863. The van der Waals surface area contributed by atoms with E-state index in [9.17, 15) is 14.4 Å². The predicted molar refractivity (Wildman–Crippen MR) is 121 cm³/mol. The Labute approximate surface area is 177 Å². The van der Waals surface area contributed by atoms with Crippen molar-refractivity contribution in [1.29, 1.82) is 0 Å². The molecule has 2 rings (SSSR count). The van der Waals surface area contributed by atoms with Gasteiger partial charge in [0.15, 0.2) is 0 Å². The van der Waals surface area contributed by atoms with E-state index in [1.54, 1.807) is 42.5 Å². The Hall–Kier alpha value is -3.35. The lowest BCUT2D eigenvalue weighted by Crippen LogP contribution is -2.24. The molecule has 0 bridgehead atoms. The van der Waals surface area contributed by atoms with Gasteiger partial charge in [0, 0.05) is 35.1 Å². The second kappa shape index (κ2) is 11.6. The molecule has 0 heterocycles. The van der Waals surface area contributed by atoms with Crippen LogP contribution in [0.2, 0.25) is 0 Å². The Balaban J connectivity index is 1.83. The number of anilines is 3. The maximum atomic E-state index is 12.2. The summed E-state index contributed by atoms with van der Waals surface area (Å²) < 4.78 is 0. The van der Waals surface area contributed by atoms with Gasteiger partial charge in [-0.25, -0.2) is 0 Å². The first-order valence-corrected chi connectivity index (χ1v) is 10.2. The quantitative estimate of drug-likeness (QED) is 0.447. The van der Waals surface area contributed by atoms with Crippen molar-refractivity contribution in [3.63, 3.8) is 0 Å². The molecule has 2 aromatic carbocycles. The van der Waals surface area contributed by atoms with Crippen LogP contribution in [-0.4, -0.2) is 30.8 Å². The minimum Gasteiger partial charge on any atom is -0.376 e. The minimum atomic E-state index is -0.216. The molecule has 7 nitrogen and oxygen atoms in total. The first kappa shape index (κ1) is 22.9. The highest BCUT2D eigenvalue weighted by Crippen LogP contribution is 2.16. The lowest BCUT2D eigenvalue weighted by atomic mass is 10.2. The molecule has 30 heavy (non-hydrogen) atoms. The Morgan fingerprint density at radius 2 is 1.60 bits per heavy atom. The van der Waals surface area contributed by atoms with Gasteiger partial charge in [-0.05, 0) is 48.9 Å². The van der Waals surface area contributed by atoms with E-state index in [1.807, 2.05) is 19.9 Å². The van der Waals surface area contributed by atoms with E-state index >= 15 is 0 Å². The van der Waals surface area contributed by atoms with E-state index in [2.05, 4.69) is 28.2 Å². The predicted octanol–water partition coefficient (Wildman–Crippen LogP) is 3.86. The van der Waals surface area contributed by atoms with E-state index in [0.717, 1.165) is 18.5 Å². The maximum absolute atomic E-state index is 12.2. The third kappa shape index (κ3) is 7.58. The summed E-state index contributed by atoms with van der Waals surface area (Å²) in [6.07, 6.45) is 1.97. The summed E-state index contributed by atoms with van der Waals surface area (Å²) in [6, 6.07) is 14.0. The van der Waals surface area contributed by atoms with Crippen LogP contribution in [0.25, 0.3) is 0 Å². The first-order chi connectivity index (χ1) is 14.4. The summed E-state index contributed by atoms with van der Waals surface area (Å²) in [5.41, 5.74) is 2.57. The van der Waals surface area contributed by atoms with E-state index in [0.29, 0.717) is 23.5 Å². The molecular weight excluding hydrogens is 380 g/mol. The van der Waals surface area contributed by atoms with Crippen LogP contribution in [0, 0.1) is 5.92 Å². The van der Waals surface area contributed by atoms with E-state index in [1.165, 1.54) is 0 Å². The number of amides is 3. The average molecular weight is 411 g/mol. The van der Waals surface area contributed by atoms with Gasteiger partial charge < -0.3 is 21.3 Å². The minimum absolute atomic E-state index is 0.0626. The molecule has 0 radical (unpaired) electrons. The number of rotatable bonds is 10. The Morgan fingerprint density at radius 3 is 2.27 bits per heavy atom. The fraction of sp³-hybridized carbons (Fsp3) is 0.348. The van der Waals surface area contributed by atoms with Crippen molar-refractivity contribution >= 4 is 34.8 Å². The topological polar surface area (TPSA) is 99.3 Å². The van der Waals surface area contributed by atoms with Crippen molar-refractivity contribution in [2.45, 2.75) is 33.6 Å². The lowest BCUT2D eigenvalue weighted by molar-refractivity contribution is -0.119. The van der Waals surface area contributed by atoms with Crippen LogP contribution in [0.15, 0.2) is 48.5 Å². The smallest absolute Gasteiger partial charge is 0.251 e. The van der Waals surface area contributed by atoms with Gasteiger partial charge in [-0.2, -0.15) is 0 Å². The fourth-order valence-electron chi connectivity index (χ4n) is 2.57. The first-order valence-electron chi connectivity index (χ1n) is 10.2. The summed E-state index contributed by atoms with van der Waals surface area (Å²) in [4.78, 5) is 36.0. The number of benzene rings is 2. The summed E-state index contributed by atoms with van der Waals surface area (Å²) in [5.74, 6) is -0.507. The molecule has 0 aliphatic carbocycles. The van der Waals surface area contributed by atoms with Gasteiger partial charge in [0.1, 0.15) is 0 Å². The number of nitrogens with one attached hydrogen (secondary N) is 4. The maximum Gasteiger partial charge on any atom is 0.251 e. The fourth-order valence-corrected chi connectivity index (χ4v) is 2.57. The summed E-state index contributed by atoms with van der Waals surface area (Å²) >= 11 is 0. The number of hydrogen-bond acceptors (Lipinski definition) is 4. The van der Waals surface area contributed by atoms with Gasteiger partial charge in [0.2, 0.25) is 11.8 Å². The molecule has 0 saturated heterocycles. The monoisotopic (exact) mass is 410 g/mol. The molecule has 160 valence electrons. The molecule has 3 amide bonds. The van der Waals surface area contributed by atoms with Crippen molar-refractivity contribution in [2.24, 2.45) is 5.92 Å². The van der Waals surface area contributed by atoms with Crippen LogP contribution in [0.5, 0.6) is 0 Å². The van der Waals surface area contributed by atoms with Crippen LogP contribution < -0.4 is 21.3 Å². The number of carbonyl (C=O) groups excluding carboxylic acids is 3. The number of unbranched alkanes of at least 4 members (excludes halogenated alkanes) is 1. The van der Waals surface area contributed by atoms with Crippen LogP contribution >= 0.6 is 0 Å². The van der Waals surface area contributed by atoms with Crippen LogP contribution in [0.3, 0.4) is 0 Å². The normalized spacial score (nSPS) is 10.4. The van der Waals surface area contributed by atoms with Crippen LogP contribution in [0.1, 0.15) is 44.0 Å². The zero-order chi connectivity index (χ0) is 21.9. The third-order valence-electron chi connectivity index (χ3n) is 4.35. The van der Waals surface area contributed by atoms with Crippen molar-refractivity contribution in [1.82, 2.24) is 5.32 Å². The molecular formula is C23H30N4O3. The Morgan fingerprint density at radius 1 is 0.900 bits per heavy atom. The molecule has 7 heteroatoms. The van der Waals surface area contributed by atoms with Crippen molar-refractivity contribution in [3.05, 3.63) is 54.1 Å².